The smallest absolute Gasteiger partial charge is 0.0655 e. The second kappa shape index (κ2) is 4.44. The molecule has 12 heavy (non-hydrogen) atoms. The Bertz CT molecular complexity index is 275. The minimum absolute atomic E-state index is 0.930. The quantitative estimate of drug-likeness (QED) is 0.624. The van der Waals surface area contributed by atoms with Crippen molar-refractivity contribution >= 4 is 12.4 Å². The maximum Gasteiger partial charge on any atom is 0.0655 e. The van der Waals surface area contributed by atoms with Crippen LogP contribution in [0.25, 0.3) is 5.70 Å². The van der Waals surface area contributed by atoms with Crippen molar-refractivity contribution < 1.29 is 0 Å². The third kappa shape index (κ3) is 2.02. The van der Waals surface area contributed by atoms with E-state index in [2.05, 4.69) is 23.6 Å². The van der Waals surface area contributed by atoms with Gasteiger partial charge in [0.2, 0.25) is 0 Å². The van der Waals surface area contributed by atoms with Crippen LogP contribution in [-0.4, -0.2) is 11.7 Å². The number of pyridine rings is 1. The van der Waals surface area contributed by atoms with Gasteiger partial charge in [0.25, 0.3) is 0 Å². The van der Waals surface area contributed by atoms with Crippen LogP contribution in [0.1, 0.15) is 18.9 Å². The van der Waals surface area contributed by atoms with Crippen LogP contribution >= 0.6 is 0 Å². The van der Waals surface area contributed by atoms with Gasteiger partial charge in [0.1, 0.15) is 0 Å². The highest BCUT2D eigenvalue weighted by atomic mass is 14.7. The van der Waals surface area contributed by atoms with E-state index in [4.69, 9.17) is 0 Å². The molecule has 0 N–H and O–H groups in total. The molecule has 2 nitrogen and oxygen atoms in total. The van der Waals surface area contributed by atoms with Crippen molar-refractivity contribution in [2.45, 2.75) is 13.3 Å². The average Bonchev–Trinajstić information content (AvgIpc) is 2.15. The fourth-order valence-corrected chi connectivity index (χ4v) is 0.990. The van der Waals surface area contributed by atoms with Gasteiger partial charge >= 0.3 is 0 Å². The maximum atomic E-state index is 3.93. The number of rotatable bonds is 3. The van der Waals surface area contributed by atoms with E-state index < -0.39 is 0 Å². The van der Waals surface area contributed by atoms with Gasteiger partial charge < -0.3 is 0 Å². The molecule has 0 aliphatic rings. The predicted molar refractivity (Wildman–Crippen MR) is 52.1 cm³/mol. The van der Waals surface area contributed by atoms with Gasteiger partial charge in [0.15, 0.2) is 0 Å². The molecule has 1 aromatic heterocycles. The van der Waals surface area contributed by atoms with Crippen LogP contribution in [0.5, 0.6) is 0 Å². The molecule has 0 aliphatic heterocycles. The molecule has 0 radical (unpaired) electrons. The standard InChI is InChI=1S/C10H12N2/c1-3-4-10(11-2)9-5-7-12-8-6-9/h4-8H,2-3H2,1H3/b10-4+. The normalized spacial score (nSPS) is 11.2. The van der Waals surface area contributed by atoms with E-state index >= 15 is 0 Å². The molecule has 0 atom stereocenters. The van der Waals surface area contributed by atoms with E-state index in [0.29, 0.717) is 0 Å². The van der Waals surface area contributed by atoms with Crippen LogP contribution < -0.4 is 0 Å². The van der Waals surface area contributed by atoms with Crippen molar-refractivity contribution in [3.8, 4) is 0 Å². The highest BCUT2D eigenvalue weighted by Crippen LogP contribution is 2.13. The van der Waals surface area contributed by atoms with E-state index in [0.717, 1.165) is 17.7 Å². The monoisotopic (exact) mass is 160 g/mol. The minimum Gasteiger partial charge on any atom is -0.265 e. The van der Waals surface area contributed by atoms with Gasteiger partial charge in [-0.2, -0.15) is 0 Å². The SMILES string of the molecule is C=N/C(=C/CC)c1ccncc1. The molecule has 0 unspecified atom stereocenters. The third-order valence-corrected chi connectivity index (χ3v) is 1.54. The Balaban J connectivity index is 2.96. The summed E-state index contributed by atoms with van der Waals surface area (Å²) in [4.78, 5) is 7.86. The van der Waals surface area contributed by atoms with Gasteiger partial charge in [-0.25, -0.2) is 0 Å². The Morgan fingerprint density at radius 1 is 1.58 bits per heavy atom. The van der Waals surface area contributed by atoms with Crippen LogP contribution in [0.2, 0.25) is 0 Å². The molecule has 0 aromatic carbocycles. The Morgan fingerprint density at radius 2 is 2.25 bits per heavy atom. The van der Waals surface area contributed by atoms with Crippen LogP contribution in [0, 0.1) is 0 Å². The molecule has 2 heteroatoms. The Labute approximate surface area is 72.7 Å². The van der Waals surface area contributed by atoms with Gasteiger partial charge in [0, 0.05) is 18.0 Å². The van der Waals surface area contributed by atoms with E-state index in [1.54, 1.807) is 12.4 Å². The Morgan fingerprint density at radius 3 is 2.75 bits per heavy atom. The largest absolute Gasteiger partial charge is 0.265 e. The molecule has 62 valence electrons. The van der Waals surface area contributed by atoms with E-state index in [9.17, 15) is 0 Å². The third-order valence-electron chi connectivity index (χ3n) is 1.54. The van der Waals surface area contributed by atoms with Crippen molar-refractivity contribution in [1.82, 2.24) is 4.98 Å². The molecule has 1 heterocycles. The van der Waals surface area contributed by atoms with Crippen molar-refractivity contribution in [2.75, 3.05) is 0 Å². The van der Waals surface area contributed by atoms with Gasteiger partial charge in [-0.3, -0.25) is 9.98 Å². The summed E-state index contributed by atoms with van der Waals surface area (Å²) >= 11 is 0. The molecule has 1 rings (SSSR count). The Kier molecular flexibility index (Phi) is 3.20. The zero-order valence-corrected chi connectivity index (χ0v) is 7.20. The summed E-state index contributed by atoms with van der Waals surface area (Å²) in [5.74, 6) is 0. The second-order valence-corrected chi connectivity index (χ2v) is 2.39. The number of aromatic nitrogens is 1. The molecule has 0 spiro atoms. The van der Waals surface area contributed by atoms with Crippen LogP contribution in [0.4, 0.5) is 0 Å². The molecule has 1 aromatic rings. The first-order valence-electron chi connectivity index (χ1n) is 3.95. The number of aliphatic imine (C=N–C) groups is 1. The van der Waals surface area contributed by atoms with E-state index in [1.807, 2.05) is 18.2 Å². The summed E-state index contributed by atoms with van der Waals surface area (Å²) < 4.78 is 0. The minimum atomic E-state index is 0.930. The number of hydrogen-bond donors (Lipinski definition) is 0. The van der Waals surface area contributed by atoms with Gasteiger partial charge in [-0.1, -0.05) is 13.0 Å². The van der Waals surface area contributed by atoms with Crippen LogP contribution in [0.3, 0.4) is 0 Å². The van der Waals surface area contributed by atoms with Crippen molar-refractivity contribution in [1.29, 1.82) is 0 Å². The average molecular weight is 160 g/mol. The first-order chi connectivity index (χ1) is 5.88. The zero-order valence-electron chi connectivity index (χ0n) is 7.20. The highest BCUT2D eigenvalue weighted by molar-refractivity contribution is 5.67. The first-order valence-corrected chi connectivity index (χ1v) is 3.95. The van der Waals surface area contributed by atoms with Crippen molar-refractivity contribution in [3.63, 3.8) is 0 Å². The summed E-state index contributed by atoms with van der Waals surface area (Å²) in [5.41, 5.74) is 2.00. The topological polar surface area (TPSA) is 25.2 Å². The maximum absolute atomic E-state index is 3.93. The second-order valence-electron chi connectivity index (χ2n) is 2.39. The zero-order chi connectivity index (χ0) is 8.81. The number of hydrogen-bond acceptors (Lipinski definition) is 2. The highest BCUT2D eigenvalue weighted by Gasteiger charge is 1.94. The molecular weight excluding hydrogens is 148 g/mol. The number of nitrogens with zero attached hydrogens (tertiary/aromatic N) is 2. The summed E-state index contributed by atoms with van der Waals surface area (Å²) in [6.07, 6.45) is 6.52. The molecule has 0 saturated carbocycles. The first kappa shape index (κ1) is 8.65. The van der Waals surface area contributed by atoms with Crippen LogP contribution in [-0.2, 0) is 0 Å². The van der Waals surface area contributed by atoms with E-state index in [-0.39, 0.29) is 0 Å². The lowest BCUT2D eigenvalue weighted by Crippen LogP contribution is -1.80. The molecule has 0 bridgehead atoms. The molecular formula is C10H12N2. The van der Waals surface area contributed by atoms with Gasteiger partial charge in [-0.05, 0) is 25.3 Å². The molecule has 0 saturated heterocycles. The summed E-state index contributed by atoms with van der Waals surface area (Å²) in [6, 6.07) is 3.85. The lowest BCUT2D eigenvalue weighted by molar-refractivity contribution is 1.21. The summed E-state index contributed by atoms with van der Waals surface area (Å²) in [7, 11) is 0. The lowest BCUT2D eigenvalue weighted by Gasteiger charge is -1.98. The molecule has 0 aliphatic carbocycles. The Hall–Kier alpha value is -1.44. The molecule has 0 fully saturated rings. The fraction of sp³-hybridized carbons (Fsp3) is 0.200. The van der Waals surface area contributed by atoms with Crippen molar-refractivity contribution in [3.05, 3.63) is 36.2 Å². The summed E-state index contributed by atoms with van der Waals surface area (Å²) in [5, 5.41) is 0. The molecule has 0 amide bonds. The predicted octanol–water partition coefficient (Wildman–Crippen LogP) is 2.53. The van der Waals surface area contributed by atoms with Crippen LogP contribution in [0.15, 0.2) is 35.6 Å². The van der Waals surface area contributed by atoms with Gasteiger partial charge in [0.05, 0.1) is 5.70 Å². The summed E-state index contributed by atoms with van der Waals surface area (Å²) in [6.45, 7) is 5.59. The van der Waals surface area contributed by atoms with E-state index in [1.165, 1.54) is 0 Å². The fourth-order valence-electron chi connectivity index (χ4n) is 0.990. The van der Waals surface area contributed by atoms with Gasteiger partial charge in [-0.15, -0.1) is 0 Å². The van der Waals surface area contributed by atoms with Crippen molar-refractivity contribution in [2.24, 2.45) is 4.99 Å². The lowest BCUT2D eigenvalue weighted by atomic mass is 10.2. The number of allylic oxidation sites excluding steroid dienone is 1.